The first-order valence-corrected chi connectivity index (χ1v) is 4.32. The number of aliphatic hydroxyl groups is 1. The summed E-state index contributed by atoms with van der Waals surface area (Å²) in [5, 5.41) is 26.5. The summed E-state index contributed by atoms with van der Waals surface area (Å²) in [5.74, 6) is -2.90. The highest BCUT2D eigenvalue weighted by Gasteiger charge is 2.22. The minimum atomic E-state index is -1.94. The second kappa shape index (κ2) is 3.93. The molecule has 1 aromatic carbocycles. The van der Waals surface area contributed by atoms with Gasteiger partial charge in [-0.2, -0.15) is 0 Å². The van der Waals surface area contributed by atoms with Crippen LogP contribution in [0.5, 0.6) is 5.75 Å². The minimum Gasteiger partial charge on any atom is -0.507 e. The monoisotopic (exact) mass is 264 g/mol. The van der Waals surface area contributed by atoms with E-state index in [0.29, 0.717) is 0 Å². The lowest BCUT2D eigenvalue weighted by Gasteiger charge is -2.08. The predicted molar refractivity (Wildman–Crippen MR) is 48.4 cm³/mol. The van der Waals surface area contributed by atoms with E-state index in [1.54, 1.807) is 0 Å². The zero-order chi connectivity index (χ0) is 10.9. The van der Waals surface area contributed by atoms with Gasteiger partial charge in [-0.15, -0.1) is 0 Å². The molecule has 0 bridgehead atoms. The molecule has 0 spiro atoms. The summed E-state index contributed by atoms with van der Waals surface area (Å²) >= 11 is 2.72. The molecule has 1 aromatic rings. The fourth-order valence-electron chi connectivity index (χ4n) is 0.898. The summed E-state index contributed by atoms with van der Waals surface area (Å²) in [6.45, 7) is 0. The fraction of sp³-hybridized carbons (Fsp3) is 0.125. The first-order chi connectivity index (χ1) is 6.45. The maximum Gasteiger partial charge on any atom is 0.337 e. The average Bonchev–Trinajstić information content (AvgIpc) is 2.13. The predicted octanol–water partition coefficient (Wildman–Crippen LogP) is 1.41. The van der Waals surface area contributed by atoms with Gasteiger partial charge >= 0.3 is 5.97 Å². The van der Waals surface area contributed by atoms with E-state index in [0.717, 1.165) is 12.1 Å². The fourth-order valence-corrected chi connectivity index (χ4v) is 1.26. The second-order valence-corrected chi connectivity index (χ2v) is 3.34. The molecule has 0 aliphatic heterocycles. The molecule has 6 heteroatoms. The molecule has 0 radical (unpaired) electrons. The Labute approximate surface area is 86.7 Å². The van der Waals surface area contributed by atoms with Crippen molar-refractivity contribution >= 4 is 21.9 Å². The minimum absolute atomic E-state index is 0.268. The van der Waals surface area contributed by atoms with Gasteiger partial charge in [-0.3, -0.25) is 0 Å². The van der Waals surface area contributed by atoms with E-state index in [-0.39, 0.29) is 10.2 Å². The Balaban J connectivity index is 3.24. The summed E-state index contributed by atoms with van der Waals surface area (Å²) < 4.78 is 13.0. The zero-order valence-corrected chi connectivity index (χ0v) is 8.32. The van der Waals surface area contributed by atoms with Crippen LogP contribution in [0.2, 0.25) is 0 Å². The number of aliphatic hydroxyl groups excluding tert-OH is 1. The number of hydrogen-bond acceptors (Lipinski definition) is 3. The van der Waals surface area contributed by atoms with Gasteiger partial charge in [-0.25, -0.2) is 9.18 Å². The van der Waals surface area contributed by atoms with Crippen molar-refractivity contribution in [2.24, 2.45) is 0 Å². The number of carboxylic acids is 1. The van der Waals surface area contributed by atoms with E-state index < -0.39 is 23.5 Å². The van der Waals surface area contributed by atoms with Crippen LogP contribution in [0.1, 0.15) is 11.7 Å². The Hall–Kier alpha value is -1.14. The van der Waals surface area contributed by atoms with Crippen molar-refractivity contribution in [1.82, 2.24) is 0 Å². The van der Waals surface area contributed by atoms with Gasteiger partial charge in [0.25, 0.3) is 0 Å². The molecular formula is C8H6BrFO4. The van der Waals surface area contributed by atoms with Crippen molar-refractivity contribution in [2.45, 2.75) is 6.10 Å². The topological polar surface area (TPSA) is 77.8 Å². The number of carbonyl (C=O) groups is 1. The molecule has 76 valence electrons. The number of benzene rings is 1. The third kappa shape index (κ3) is 1.85. The molecule has 14 heavy (non-hydrogen) atoms. The van der Waals surface area contributed by atoms with Crippen molar-refractivity contribution < 1.29 is 24.5 Å². The van der Waals surface area contributed by atoms with Gasteiger partial charge in [0, 0.05) is 5.56 Å². The van der Waals surface area contributed by atoms with E-state index in [4.69, 9.17) is 15.3 Å². The molecule has 0 saturated carbocycles. The van der Waals surface area contributed by atoms with Crippen molar-refractivity contribution in [3.8, 4) is 5.75 Å². The van der Waals surface area contributed by atoms with Gasteiger partial charge in [-0.1, -0.05) is 0 Å². The van der Waals surface area contributed by atoms with Gasteiger partial charge < -0.3 is 15.3 Å². The third-order valence-electron chi connectivity index (χ3n) is 1.62. The molecule has 0 aliphatic rings. The Morgan fingerprint density at radius 1 is 1.50 bits per heavy atom. The smallest absolute Gasteiger partial charge is 0.337 e. The van der Waals surface area contributed by atoms with E-state index in [2.05, 4.69) is 15.9 Å². The van der Waals surface area contributed by atoms with Crippen molar-refractivity contribution in [3.63, 3.8) is 0 Å². The number of aliphatic carboxylic acids is 1. The summed E-state index contributed by atoms with van der Waals surface area (Å²) in [4.78, 5) is 10.4. The molecule has 4 nitrogen and oxygen atoms in total. The number of rotatable bonds is 2. The van der Waals surface area contributed by atoms with Crippen LogP contribution in [0.15, 0.2) is 16.6 Å². The van der Waals surface area contributed by atoms with Crippen LogP contribution in [-0.2, 0) is 4.79 Å². The highest BCUT2D eigenvalue weighted by molar-refractivity contribution is 9.10. The quantitative estimate of drug-likeness (QED) is 0.755. The normalized spacial score (nSPS) is 12.5. The van der Waals surface area contributed by atoms with Crippen LogP contribution < -0.4 is 0 Å². The Bertz CT molecular complexity index is 380. The Kier molecular flexibility index (Phi) is 3.07. The van der Waals surface area contributed by atoms with E-state index in [9.17, 15) is 9.18 Å². The SMILES string of the molecule is O=C(O)C(O)c1ccc(O)c(Br)c1F. The summed E-state index contributed by atoms with van der Waals surface area (Å²) in [6.07, 6.45) is -1.94. The maximum atomic E-state index is 13.2. The molecule has 0 heterocycles. The Morgan fingerprint density at radius 2 is 2.07 bits per heavy atom. The molecular weight excluding hydrogens is 259 g/mol. The van der Waals surface area contributed by atoms with Crippen molar-refractivity contribution in [2.75, 3.05) is 0 Å². The van der Waals surface area contributed by atoms with Gasteiger partial charge in [0.05, 0.1) is 4.47 Å². The van der Waals surface area contributed by atoms with Crippen molar-refractivity contribution in [3.05, 3.63) is 28.0 Å². The molecule has 3 N–H and O–H groups in total. The number of hydrogen-bond donors (Lipinski definition) is 3. The van der Waals surface area contributed by atoms with E-state index >= 15 is 0 Å². The molecule has 0 aromatic heterocycles. The molecule has 0 amide bonds. The van der Waals surface area contributed by atoms with Crippen LogP contribution in [0.3, 0.4) is 0 Å². The maximum absolute atomic E-state index is 13.2. The average molecular weight is 265 g/mol. The number of phenolic OH excluding ortho intramolecular Hbond substituents is 1. The largest absolute Gasteiger partial charge is 0.507 e. The first kappa shape index (κ1) is 10.9. The molecule has 1 unspecified atom stereocenters. The van der Waals surface area contributed by atoms with Crippen LogP contribution in [0, 0.1) is 5.82 Å². The standard InChI is InChI=1S/C8H6BrFO4/c9-5-4(11)2-1-3(6(5)10)7(12)8(13)14/h1-2,7,11-12H,(H,13,14). The molecule has 1 atom stereocenters. The highest BCUT2D eigenvalue weighted by Crippen LogP contribution is 2.31. The van der Waals surface area contributed by atoms with Gasteiger partial charge in [-0.05, 0) is 28.1 Å². The number of carboxylic acid groups (broad SMARTS) is 1. The van der Waals surface area contributed by atoms with Gasteiger partial charge in [0.2, 0.25) is 0 Å². The van der Waals surface area contributed by atoms with E-state index in [1.165, 1.54) is 0 Å². The van der Waals surface area contributed by atoms with Crippen LogP contribution >= 0.6 is 15.9 Å². The third-order valence-corrected chi connectivity index (χ3v) is 2.37. The lowest BCUT2D eigenvalue weighted by atomic mass is 10.1. The Morgan fingerprint density at radius 3 is 2.57 bits per heavy atom. The number of aromatic hydroxyl groups is 1. The van der Waals surface area contributed by atoms with Crippen LogP contribution in [0.25, 0.3) is 0 Å². The lowest BCUT2D eigenvalue weighted by Crippen LogP contribution is -2.12. The number of halogens is 2. The molecule has 1 rings (SSSR count). The highest BCUT2D eigenvalue weighted by atomic mass is 79.9. The number of phenols is 1. The van der Waals surface area contributed by atoms with Crippen molar-refractivity contribution in [1.29, 1.82) is 0 Å². The first-order valence-electron chi connectivity index (χ1n) is 3.53. The van der Waals surface area contributed by atoms with E-state index in [1.807, 2.05) is 0 Å². The molecule has 0 fully saturated rings. The summed E-state index contributed by atoms with van der Waals surface area (Å²) in [6, 6.07) is 2.10. The molecule has 0 saturated heterocycles. The van der Waals surface area contributed by atoms with Gasteiger partial charge in [0.1, 0.15) is 11.6 Å². The zero-order valence-electron chi connectivity index (χ0n) is 6.74. The van der Waals surface area contributed by atoms with Crippen LogP contribution in [-0.4, -0.2) is 21.3 Å². The second-order valence-electron chi connectivity index (χ2n) is 2.54. The summed E-state index contributed by atoms with van der Waals surface area (Å²) in [5.41, 5.74) is -0.401. The van der Waals surface area contributed by atoms with Crippen LogP contribution in [0.4, 0.5) is 4.39 Å². The molecule has 0 aliphatic carbocycles. The van der Waals surface area contributed by atoms with Gasteiger partial charge in [0.15, 0.2) is 6.10 Å². The lowest BCUT2D eigenvalue weighted by molar-refractivity contribution is -0.147. The summed E-state index contributed by atoms with van der Waals surface area (Å²) in [7, 11) is 0.